The molecule has 2 saturated heterocycles. The molecule has 8 nitrogen and oxygen atoms in total. The monoisotopic (exact) mass is 464 g/mol. The maximum atomic E-state index is 12.9. The number of cyclic esters (lactones) is 1. The highest BCUT2D eigenvalue weighted by Crippen LogP contribution is 2.26. The van der Waals surface area contributed by atoms with Crippen LogP contribution in [0.4, 0.5) is 4.79 Å². The summed E-state index contributed by atoms with van der Waals surface area (Å²) in [6.07, 6.45) is 4.26. The van der Waals surface area contributed by atoms with Gasteiger partial charge < -0.3 is 19.3 Å². The number of carbonyl (C=O) groups excluding carboxylic acids is 2. The zero-order valence-corrected chi connectivity index (χ0v) is 18.8. The number of amides is 2. The van der Waals surface area contributed by atoms with Crippen LogP contribution in [-0.2, 0) is 4.74 Å². The van der Waals surface area contributed by atoms with Crippen molar-refractivity contribution in [1.82, 2.24) is 19.8 Å². The van der Waals surface area contributed by atoms with Gasteiger partial charge in [0.1, 0.15) is 23.1 Å². The zero-order valence-electron chi connectivity index (χ0n) is 18.0. The van der Waals surface area contributed by atoms with Gasteiger partial charge in [-0.1, -0.05) is 18.2 Å². The molecule has 0 radical (unpaired) electrons. The summed E-state index contributed by atoms with van der Waals surface area (Å²) in [7, 11) is 0. The van der Waals surface area contributed by atoms with Gasteiger partial charge >= 0.3 is 6.09 Å². The highest BCUT2D eigenvalue weighted by atomic mass is 32.1. The van der Waals surface area contributed by atoms with Gasteiger partial charge in [-0.15, -0.1) is 11.3 Å². The lowest BCUT2D eigenvalue weighted by Crippen LogP contribution is -2.47. The summed E-state index contributed by atoms with van der Waals surface area (Å²) >= 11 is 1.45. The van der Waals surface area contributed by atoms with Crippen LogP contribution in [-0.4, -0.2) is 70.2 Å². The van der Waals surface area contributed by atoms with Crippen LogP contribution in [0.2, 0.25) is 0 Å². The Kier molecular flexibility index (Phi) is 6.21. The quantitative estimate of drug-likeness (QED) is 0.553. The lowest BCUT2D eigenvalue weighted by Gasteiger charge is -2.35. The number of carbonyl (C=O) groups is 2. The summed E-state index contributed by atoms with van der Waals surface area (Å²) in [4.78, 5) is 37.5. The minimum atomic E-state index is -0.303. The number of thiazole rings is 1. The van der Waals surface area contributed by atoms with Gasteiger partial charge in [-0.25, -0.2) is 9.78 Å². The Morgan fingerprint density at radius 1 is 1.12 bits per heavy atom. The molecule has 3 aromatic rings. The molecule has 1 atom stereocenters. The van der Waals surface area contributed by atoms with E-state index in [9.17, 15) is 9.59 Å². The Labute approximate surface area is 195 Å². The molecule has 0 bridgehead atoms. The molecule has 170 valence electrons. The Bertz CT molecular complexity index is 1100. The van der Waals surface area contributed by atoms with Crippen LogP contribution in [0, 0.1) is 0 Å². The number of benzene rings is 1. The minimum absolute atomic E-state index is 0.0612. The van der Waals surface area contributed by atoms with Gasteiger partial charge in [0, 0.05) is 42.5 Å². The first-order chi connectivity index (χ1) is 16.2. The maximum absolute atomic E-state index is 12.9. The summed E-state index contributed by atoms with van der Waals surface area (Å²) in [5.41, 5.74) is 1.41. The number of piperidine rings is 1. The normalized spacial score (nSPS) is 18.9. The molecule has 1 aromatic carbocycles. The predicted molar refractivity (Wildman–Crippen MR) is 123 cm³/mol. The molecule has 0 spiro atoms. The summed E-state index contributed by atoms with van der Waals surface area (Å²) in [6.45, 7) is 2.00. The fourth-order valence-electron chi connectivity index (χ4n) is 4.17. The molecule has 0 aliphatic carbocycles. The van der Waals surface area contributed by atoms with Crippen LogP contribution >= 0.6 is 11.3 Å². The summed E-state index contributed by atoms with van der Waals surface area (Å²) in [5.74, 6) is 0.691. The molecule has 2 aliphatic rings. The van der Waals surface area contributed by atoms with Crippen LogP contribution in [0.5, 0.6) is 5.75 Å². The topological polar surface area (TPSA) is 84.9 Å². The van der Waals surface area contributed by atoms with E-state index < -0.39 is 0 Å². The number of aromatic nitrogens is 2. The first-order valence-electron chi connectivity index (χ1n) is 11.0. The largest absolute Gasteiger partial charge is 0.490 e. The molecular formula is C24H24N4O4S. The zero-order chi connectivity index (χ0) is 22.6. The van der Waals surface area contributed by atoms with E-state index in [4.69, 9.17) is 9.47 Å². The van der Waals surface area contributed by atoms with E-state index in [0.29, 0.717) is 44.8 Å². The van der Waals surface area contributed by atoms with E-state index in [1.165, 1.54) is 11.3 Å². The molecule has 4 heterocycles. The fraction of sp³-hybridized carbons (Fsp3) is 0.333. The first-order valence-corrected chi connectivity index (χ1v) is 11.9. The number of hydrogen-bond acceptors (Lipinski definition) is 7. The molecule has 5 rings (SSSR count). The SMILES string of the molecule is O=C(c1csc(-c2ccncc2)n1)N1CCC(N2CC(COc3ccccc3)OC2=O)CC1. The lowest BCUT2D eigenvalue weighted by atomic mass is 10.0. The number of likely N-dealkylation sites (tertiary alicyclic amines) is 1. The Hall–Kier alpha value is -3.46. The standard InChI is InChI=1S/C24H24N4O4S/c29-23(21-16-33-22(26-21)17-6-10-25-11-7-17)27-12-8-18(9-13-27)28-14-20(32-24(28)30)15-31-19-4-2-1-3-5-19/h1-7,10-11,16,18,20H,8-9,12-15H2. The van der Waals surface area contributed by atoms with E-state index >= 15 is 0 Å². The molecule has 2 aromatic heterocycles. The van der Waals surface area contributed by atoms with E-state index in [1.807, 2.05) is 47.4 Å². The van der Waals surface area contributed by atoms with Crippen LogP contribution in [0.25, 0.3) is 10.6 Å². The van der Waals surface area contributed by atoms with Crippen molar-refractivity contribution in [2.24, 2.45) is 0 Å². The third kappa shape index (κ3) is 4.83. The molecule has 2 aliphatic heterocycles. The number of ether oxygens (including phenoxy) is 2. The number of pyridine rings is 1. The van der Waals surface area contributed by atoms with Gasteiger partial charge in [0.25, 0.3) is 5.91 Å². The van der Waals surface area contributed by atoms with Crippen molar-refractivity contribution in [3.05, 3.63) is 65.9 Å². The van der Waals surface area contributed by atoms with Crippen molar-refractivity contribution in [2.75, 3.05) is 26.2 Å². The second-order valence-electron chi connectivity index (χ2n) is 8.08. The minimum Gasteiger partial charge on any atom is -0.490 e. The van der Waals surface area contributed by atoms with Crippen molar-refractivity contribution in [3.8, 4) is 16.3 Å². The molecule has 2 amide bonds. The highest BCUT2D eigenvalue weighted by Gasteiger charge is 2.38. The van der Waals surface area contributed by atoms with Crippen LogP contribution in [0.3, 0.4) is 0 Å². The molecular weight excluding hydrogens is 440 g/mol. The number of hydrogen-bond donors (Lipinski definition) is 0. The Morgan fingerprint density at radius 2 is 1.88 bits per heavy atom. The number of para-hydroxylation sites is 1. The van der Waals surface area contributed by atoms with Crippen molar-refractivity contribution < 1.29 is 19.1 Å². The second kappa shape index (κ2) is 9.58. The smallest absolute Gasteiger partial charge is 0.410 e. The first kappa shape index (κ1) is 21.4. The highest BCUT2D eigenvalue weighted by molar-refractivity contribution is 7.13. The lowest BCUT2D eigenvalue weighted by molar-refractivity contribution is 0.0653. The van der Waals surface area contributed by atoms with Gasteiger partial charge in [-0.3, -0.25) is 9.78 Å². The van der Waals surface area contributed by atoms with Crippen molar-refractivity contribution in [1.29, 1.82) is 0 Å². The van der Waals surface area contributed by atoms with Crippen LogP contribution in [0.15, 0.2) is 60.2 Å². The molecule has 9 heteroatoms. The number of rotatable bonds is 6. The molecule has 1 unspecified atom stereocenters. The Balaban J connectivity index is 1.13. The Morgan fingerprint density at radius 3 is 2.64 bits per heavy atom. The van der Waals surface area contributed by atoms with Crippen molar-refractivity contribution in [3.63, 3.8) is 0 Å². The average Bonchev–Trinajstić information content (AvgIpc) is 3.51. The van der Waals surface area contributed by atoms with Crippen LogP contribution < -0.4 is 4.74 Å². The second-order valence-corrected chi connectivity index (χ2v) is 8.94. The maximum Gasteiger partial charge on any atom is 0.410 e. The van der Waals surface area contributed by atoms with Gasteiger partial charge in [-0.05, 0) is 37.1 Å². The van der Waals surface area contributed by atoms with Crippen molar-refractivity contribution >= 4 is 23.3 Å². The molecule has 0 N–H and O–H groups in total. The van der Waals surface area contributed by atoms with Gasteiger partial charge in [0.05, 0.1) is 6.54 Å². The summed E-state index contributed by atoms with van der Waals surface area (Å²) < 4.78 is 11.2. The van der Waals surface area contributed by atoms with Gasteiger partial charge in [0.2, 0.25) is 0 Å². The molecule has 0 saturated carbocycles. The van der Waals surface area contributed by atoms with Gasteiger partial charge in [0.15, 0.2) is 6.10 Å². The third-order valence-corrected chi connectivity index (χ3v) is 6.82. The van der Waals surface area contributed by atoms with Crippen LogP contribution in [0.1, 0.15) is 23.3 Å². The fourth-order valence-corrected chi connectivity index (χ4v) is 4.97. The average molecular weight is 465 g/mol. The summed E-state index contributed by atoms with van der Waals surface area (Å²) in [6, 6.07) is 13.3. The van der Waals surface area contributed by atoms with E-state index in [1.54, 1.807) is 22.7 Å². The molecule has 2 fully saturated rings. The van der Waals surface area contributed by atoms with Crippen molar-refractivity contribution in [2.45, 2.75) is 25.0 Å². The van der Waals surface area contributed by atoms with E-state index in [2.05, 4.69) is 9.97 Å². The predicted octanol–water partition coefficient (Wildman–Crippen LogP) is 3.71. The molecule has 33 heavy (non-hydrogen) atoms. The number of nitrogens with zero attached hydrogens (tertiary/aromatic N) is 4. The van der Waals surface area contributed by atoms with Gasteiger partial charge in [-0.2, -0.15) is 0 Å². The third-order valence-electron chi connectivity index (χ3n) is 5.92. The van der Waals surface area contributed by atoms with E-state index in [0.717, 1.165) is 16.3 Å². The summed E-state index contributed by atoms with van der Waals surface area (Å²) in [5, 5.41) is 2.61. The van der Waals surface area contributed by atoms with E-state index in [-0.39, 0.29) is 24.1 Å².